The monoisotopic (exact) mass is 199 g/mol. The van der Waals surface area contributed by atoms with E-state index in [4.69, 9.17) is 4.74 Å². The molecule has 0 amide bonds. The van der Waals surface area contributed by atoms with Gasteiger partial charge in [-0.1, -0.05) is 36.4 Å². The molecule has 0 aliphatic rings. The molecule has 2 nitrogen and oxygen atoms in total. The summed E-state index contributed by atoms with van der Waals surface area (Å²) in [6.07, 6.45) is -0.243. The lowest BCUT2D eigenvalue weighted by Crippen LogP contribution is -1.97. The first kappa shape index (κ1) is 9.71. The summed E-state index contributed by atoms with van der Waals surface area (Å²) in [5, 5.41) is 2.33. The summed E-state index contributed by atoms with van der Waals surface area (Å²) >= 11 is 0. The zero-order valence-electron chi connectivity index (χ0n) is 8.44. The molecule has 1 radical (unpaired) electrons. The quantitative estimate of drug-likeness (QED) is 0.759. The molecule has 0 saturated carbocycles. The van der Waals surface area contributed by atoms with Crippen molar-refractivity contribution in [2.45, 2.75) is 13.0 Å². The van der Waals surface area contributed by atoms with Crippen LogP contribution in [-0.4, -0.2) is 6.47 Å². The van der Waals surface area contributed by atoms with Crippen molar-refractivity contribution in [2.24, 2.45) is 0 Å². The average molecular weight is 199 g/mol. The number of hydrogen-bond donors (Lipinski definition) is 0. The van der Waals surface area contributed by atoms with Gasteiger partial charge in [0.15, 0.2) is 0 Å². The maximum absolute atomic E-state index is 10.1. The maximum atomic E-state index is 10.1. The number of hydrogen-bond acceptors (Lipinski definition) is 2. The van der Waals surface area contributed by atoms with Gasteiger partial charge in [-0.05, 0) is 29.3 Å². The summed E-state index contributed by atoms with van der Waals surface area (Å²) in [5.74, 6) is 0. The van der Waals surface area contributed by atoms with Gasteiger partial charge < -0.3 is 4.74 Å². The summed E-state index contributed by atoms with van der Waals surface area (Å²) in [5.41, 5.74) is 0.983. The molecule has 1 atom stereocenters. The fraction of sp³-hybridized carbons (Fsp3) is 0.154. The van der Waals surface area contributed by atoms with Gasteiger partial charge in [-0.3, -0.25) is 0 Å². The van der Waals surface area contributed by atoms with E-state index in [2.05, 4.69) is 6.07 Å². The van der Waals surface area contributed by atoms with Crippen LogP contribution in [0.5, 0.6) is 0 Å². The standard InChI is InChI=1S/C13H11O2/c1-10(15-9-14)12-7-6-11-4-2-3-5-13(11)8-12/h2-8,10H,1H3. The lowest BCUT2D eigenvalue weighted by Gasteiger charge is -2.09. The number of fused-ring (bicyclic) bond motifs is 1. The number of rotatable bonds is 3. The van der Waals surface area contributed by atoms with Crippen LogP contribution in [0.1, 0.15) is 18.6 Å². The van der Waals surface area contributed by atoms with E-state index in [1.807, 2.05) is 43.3 Å². The highest BCUT2D eigenvalue weighted by Crippen LogP contribution is 2.21. The summed E-state index contributed by atoms with van der Waals surface area (Å²) < 4.78 is 4.77. The SMILES string of the molecule is CC(O[C]=O)c1ccc2ccccc2c1. The highest BCUT2D eigenvalue weighted by molar-refractivity contribution is 5.83. The van der Waals surface area contributed by atoms with Crippen molar-refractivity contribution in [3.8, 4) is 0 Å². The second-order valence-electron chi connectivity index (χ2n) is 3.45. The van der Waals surface area contributed by atoms with E-state index in [-0.39, 0.29) is 6.10 Å². The fourth-order valence-electron chi connectivity index (χ4n) is 1.60. The minimum atomic E-state index is -0.243. The molecule has 2 heteroatoms. The van der Waals surface area contributed by atoms with E-state index in [1.165, 1.54) is 11.9 Å². The van der Waals surface area contributed by atoms with E-state index in [9.17, 15) is 4.79 Å². The normalized spacial score (nSPS) is 12.3. The smallest absolute Gasteiger partial charge is 0.418 e. The Morgan fingerprint density at radius 2 is 1.87 bits per heavy atom. The molecule has 2 rings (SSSR count). The van der Waals surface area contributed by atoms with Crippen LogP contribution in [0, 0.1) is 0 Å². The molecule has 0 aliphatic heterocycles. The first-order valence-corrected chi connectivity index (χ1v) is 4.83. The van der Waals surface area contributed by atoms with Gasteiger partial charge in [0.05, 0.1) is 0 Å². The Morgan fingerprint density at radius 1 is 1.13 bits per heavy atom. The third-order valence-electron chi connectivity index (χ3n) is 2.47. The molecule has 15 heavy (non-hydrogen) atoms. The molecule has 0 spiro atoms. The Kier molecular flexibility index (Phi) is 2.68. The molecule has 2 aromatic rings. The number of carbonyl (C=O) groups excluding carboxylic acids is 1. The van der Waals surface area contributed by atoms with Crippen molar-refractivity contribution in [2.75, 3.05) is 0 Å². The van der Waals surface area contributed by atoms with Gasteiger partial charge in [-0.15, -0.1) is 0 Å². The van der Waals surface area contributed by atoms with E-state index in [0.29, 0.717) is 0 Å². The van der Waals surface area contributed by atoms with Crippen LogP contribution >= 0.6 is 0 Å². The van der Waals surface area contributed by atoms with Crippen LogP contribution in [0.15, 0.2) is 42.5 Å². The first-order chi connectivity index (χ1) is 7.31. The van der Waals surface area contributed by atoms with Crippen LogP contribution in [0.3, 0.4) is 0 Å². The van der Waals surface area contributed by atoms with Crippen LogP contribution in [0.4, 0.5) is 0 Å². The van der Waals surface area contributed by atoms with Crippen molar-refractivity contribution in [3.05, 3.63) is 48.0 Å². The van der Waals surface area contributed by atoms with Gasteiger partial charge in [0.2, 0.25) is 0 Å². The molecule has 0 bridgehead atoms. The second-order valence-corrected chi connectivity index (χ2v) is 3.45. The van der Waals surface area contributed by atoms with Crippen molar-refractivity contribution < 1.29 is 9.53 Å². The lowest BCUT2D eigenvalue weighted by atomic mass is 10.0. The highest BCUT2D eigenvalue weighted by Gasteiger charge is 2.06. The Morgan fingerprint density at radius 3 is 2.60 bits per heavy atom. The molecule has 1 unspecified atom stereocenters. The van der Waals surface area contributed by atoms with Crippen molar-refractivity contribution in [3.63, 3.8) is 0 Å². The summed E-state index contributed by atoms with van der Waals surface area (Å²) in [4.78, 5) is 10.1. The van der Waals surface area contributed by atoms with Crippen LogP contribution in [0.2, 0.25) is 0 Å². The Labute approximate surface area is 88.5 Å². The lowest BCUT2D eigenvalue weighted by molar-refractivity contribution is 0.198. The molecule has 0 N–H and O–H groups in total. The van der Waals surface area contributed by atoms with Gasteiger partial charge >= 0.3 is 6.47 Å². The van der Waals surface area contributed by atoms with E-state index in [1.54, 1.807) is 0 Å². The van der Waals surface area contributed by atoms with Crippen molar-refractivity contribution in [1.82, 2.24) is 0 Å². The predicted molar refractivity (Wildman–Crippen MR) is 59.1 cm³/mol. The molecule has 75 valence electrons. The van der Waals surface area contributed by atoms with Gasteiger partial charge in [-0.25, -0.2) is 4.79 Å². The second kappa shape index (κ2) is 4.13. The first-order valence-electron chi connectivity index (χ1n) is 4.83. The third kappa shape index (κ3) is 1.99. The van der Waals surface area contributed by atoms with Gasteiger partial charge in [0.1, 0.15) is 6.10 Å². The Balaban J connectivity index is 2.42. The largest absolute Gasteiger partial charge is 0.449 e. The minimum Gasteiger partial charge on any atom is -0.449 e. The summed E-state index contributed by atoms with van der Waals surface area (Å²) in [7, 11) is 0. The molecule has 0 saturated heterocycles. The summed E-state index contributed by atoms with van der Waals surface area (Å²) in [6.45, 7) is 3.29. The highest BCUT2D eigenvalue weighted by atomic mass is 16.5. The van der Waals surface area contributed by atoms with E-state index >= 15 is 0 Å². The minimum absolute atomic E-state index is 0.243. The fourth-order valence-corrected chi connectivity index (χ4v) is 1.60. The molecule has 0 fully saturated rings. The van der Waals surface area contributed by atoms with Crippen molar-refractivity contribution >= 4 is 17.2 Å². The molecule has 0 aromatic heterocycles. The van der Waals surface area contributed by atoms with Gasteiger partial charge in [0.25, 0.3) is 0 Å². The number of benzene rings is 2. The average Bonchev–Trinajstić information content (AvgIpc) is 2.29. The van der Waals surface area contributed by atoms with Crippen LogP contribution in [0.25, 0.3) is 10.8 Å². The van der Waals surface area contributed by atoms with Crippen LogP contribution < -0.4 is 0 Å². The van der Waals surface area contributed by atoms with E-state index in [0.717, 1.165) is 10.9 Å². The van der Waals surface area contributed by atoms with Gasteiger partial charge in [0, 0.05) is 0 Å². The Hall–Kier alpha value is -1.83. The zero-order valence-corrected chi connectivity index (χ0v) is 8.44. The molecule has 2 aromatic carbocycles. The Bertz CT molecular complexity index is 477. The molecular weight excluding hydrogens is 188 g/mol. The third-order valence-corrected chi connectivity index (χ3v) is 2.47. The molecular formula is C13H11O2. The van der Waals surface area contributed by atoms with Crippen LogP contribution in [-0.2, 0) is 9.53 Å². The topological polar surface area (TPSA) is 26.3 Å². The van der Waals surface area contributed by atoms with E-state index < -0.39 is 0 Å². The number of ether oxygens (including phenoxy) is 1. The van der Waals surface area contributed by atoms with Gasteiger partial charge in [-0.2, -0.15) is 0 Å². The maximum Gasteiger partial charge on any atom is 0.418 e. The molecule has 0 aliphatic carbocycles. The predicted octanol–water partition coefficient (Wildman–Crippen LogP) is 2.98. The molecule has 0 heterocycles. The summed E-state index contributed by atoms with van der Waals surface area (Å²) in [6, 6.07) is 14.1. The van der Waals surface area contributed by atoms with Crippen molar-refractivity contribution in [1.29, 1.82) is 0 Å². The zero-order chi connectivity index (χ0) is 10.7.